The molecule has 0 aromatic heterocycles. The van der Waals surface area contributed by atoms with Gasteiger partial charge in [0, 0.05) is 38.0 Å². The molecule has 2 heterocycles. The van der Waals surface area contributed by atoms with Gasteiger partial charge in [-0.1, -0.05) is 30.3 Å². The van der Waals surface area contributed by atoms with Crippen molar-refractivity contribution in [3.8, 4) is 5.75 Å². The number of carboxylic acid groups (broad SMARTS) is 1. The molecule has 1 amide bonds. The number of hydrogen-bond acceptors (Lipinski definition) is 5. The fraction of sp³-hybridized carbons (Fsp3) is 0.391. The number of piperidine rings is 1. The summed E-state index contributed by atoms with van der Waals surface area (Å²) in [6.45, 7) is 2.29. The molecule has 4 rings (SSSR count). The number of ether oxygens (including phenoxy) is 2. The van der Waals surface area contributed by atoms with Crippen LogP contribution in [0.2, 0.25) is 0 Å². The summed E-state index contributed by atoms with van der Waals surface area (Å²) in [6.07, 6.45) is 1.15. The Morgan fingerprint density at radius 2 is 1.77 bits per heavy atom. The van der Waals surface area contributed by atoms with Crippen molar-refractivity contribution in [2.75, 3.05) is 26.8 Å². The van der Waals surface area contributed by atoms with Crippen molar-refractivity contribution in [3.05, 3.63) is 65.7 Å². The Labute approximate surface area is 175 Å². The minimum absolute atomic E-state index is 0.00983. The van der Waals surface area contributed by atoms with Crippen LogP contribution < -0.4 is 4.74 Å². The van der Waals surface area contributed by atoms with Gasteiger partial charge in [-0.25, -0.2) is 4.79 Å². The SMILES string of the molecule is COc1ccc(C(=O)N2[C@@H](C(=O)O)COC23CCN(Cc2ccccc2)CC3)cc1. The molecule has 1 spiro atoms. The number of likely N-dealkylation sites (tertiary alicyclic amines) is 1. The third-order valence-corrected chi connectivity index (χ3v) is 5.99. The maximum absolute atomic E-state index is 13.3. The molecule has 0 aliphatic carbocycles. The van der Waals surface area contributed by atoms with Crippen molar-refractivity contribution in [2.45, 2.75) is 31.2 Å². The van der Waals surface area contributed by atoms with Gasteiger partial charge in [0.2, 0.25) is 0 Å². The van der Waals surface area contributed by atoms with Gasteiger partial charge in [-0.3, -0.25) is 14.6 Å². The molecule has 2 saturated heterocycles. The van der Waals surface area contributed by atoms with E-state index < -0.39 is 17.7 Å². The van der Waals surface area contributed by atoms with Crippen LogP contribution in [0, 0.1) is 0 Å². The number of carbonyl (C=O) groups is 2. The van der Waals surface area contributed by atoms with Crippen LogP contribution in [-0.4, -0.2) is 65.4 Å². The molecule has 30 heavy (non-hydrogen) atoms. The third-order valence-electron chi connectivity index (χ3n) is 5.99. The van der Waals surface area contributed by atoms with Gasteiger partial charge in [0.05, 0.1) is 13.7 Å². The quantitative estimate of drug-likeness (QED) is 0.816. The van der Waals surface area contributed by atoms with Gasteiger partial charge in [-0.05, 0) is 29.8 Å². The Bertz CT molecular complexity index is 892. The average molecular weight is 410 g/mol. The predicted molar refractivity (Wildman–Crippen MR) is 110 cm³/mol. The molecule has 2 aromatic carbocycles. The number of hydrogen-bond donors (Lipinski definition) is 1. The molecule has 2 aromatic rings. The molecule has 2 aliphatic heterocycles. The lowest BCUT2D eigenvalue weighted by Gasteiger charge is -2.44. The molecule has 0 saturated carbocycles. The highest BCUT2D eigenvalue weighted by Gasteiger charge is 2.54. The van der Waals surface area contributed by atoms with Crippen molar-refractivity contribution < 1.29 is 24.2 Å². The molecule has 2 aliphatic rings. The van der Waals surface area contributed by atoms with Gasteiger partial charge in [-0.2, -0.15) is 0 Å². The third kappa shape index (κ3) is 3.91. The lowest BCUT2D eigenvalue weighted by molar-refractivity contribution is -0.144. The van der Waals surface area contributed by atoms with Gasteiger partial charge >= 0.3 is 5.97 Å². The van der Waals surface area contributed by atoms with Crippen molar-refractivity contribution in [3.63, 3.8) is 0 Å². The summed E-state index contributed by atoms with van der Waals surface area (Å²) in [5.74, 6) is -0.720. The van der Waals surface area contributed by atoms with Gasteiger partial charge in [0.15, 0.2) is 6.04 Å². The Morgan fingerprint density at radius 3 is 2.37 bits per heavy atom. The molecule has 0 radical (unpaired) electrons. The first-order valence-electron chi connectivity index (χ1n) is 10.1. The molecule has 0 bridgehead atoms. The van der Waals surface area contributed by atoms with Crippen LogP contribution >= 0.6 is 0 Å². The molecule has 0 unspecified atom stereocenters. The first-order valence-corrected chi connectivity index (χ1v) is 10.1. The highest BCUT2D eigenvalue weighted by molar-refractivity contribution is 5.97. The van der Waals surface area contributed by atoms with Crippen LogP contribution in [-0.2, 0) is 16.1 Å². The second kappa shape index (κ2) is 8.45. The van der Waals surface area contributed by atoms with E-state index in [2.05, 4.69) is 17.0 Å². The topological polar surface area (TPSA) is 79.3 Å². The number of carbonyl (C=O) groups excluding carboxylic acids is 1. The molecule has 158 valence electrons. The zero-order valence-electron chi connectivity index (χ0n) is 17.0. The van der Waals surface area contributed by atoms with Crippen molar-refractivity contribution >= 4 is 11.9 Å². The summed E-state index contributed by atoms with van der Waals surface area (Å²) in [7, 11) is 1.56. The van der Waals surface area contributed by atoms with Crippen LogP contribution in [0.1, 0.15) is 28.8 Å². The van der Waals surface area contributed by atoms with Crippen LogP contribution in [0.15, 0.2) is 54.6 Å². The van der Waals surface area contributed by atoms with E-state index in [-0.39, 0.29) is 12.5 Å². The van der Waals surface area contributed by atoms with E-state index in [1.54, 1.807) is 31.4 Å². The number of benzene rings is 2. The highest BCUT2D eigenvalue weighted by Crippen LogP contribution is 2.38. The summed E-state index contributed by atoms with van der Waals surface area (Å²) in [6, 6.07) is 16.0. The standard InChI is InChI=1S/C23H26N2O5/c1-29-19-9-7-18(8-10-19)21(26)25-20(22(27)28)16-30-23(25)11-13-24(14-12-23)15-17-5-3-2-4-6-17/h2-10,20H,11-16H2,1H3,(H,27,28)/t20-/m1/s1. The molecular weight excluding hydrogens is 384 g/mol. The number of carboxylic acids is 1. The number of amides is 1. The zero-order valence-corrected chi connectivity index (χ0v) is 17.0. The summed E-state index contributed by atoms with van der Waals surface area (Å²) < 4.78 is 11.2. The number of methoxy groups -OCH3 is 1. The maximum atomic E-state index is 13.3. The van der Waals surface area contributed by atoms with Crippen LogP contribution in [0.3, 0.4) is 0 Å². The van der Waals surface area contributed by atoms with Crippen LogP contribution in [0.4, 0.5) is 0 Å². The maximum Gasteiger partial charge on any atom is 0.328 e. The fourth-order valence-corrected chi connectivity index (χ4v) is 4.33. The summed E-state index contributed by atoms with van der Waals surface area (Å²) in [5.41, 5.74) is 0.779. The van der Waals surface area contributed by atoms with Gasteiger partial charge in [0.25, 0.3) is 5.91 Å². The van der Waals surface area contributed by atoms with E-state index in [9.17, 15) is 14.7 Å². The Hall–Kier alpha value is -2.90. The number of rotatable bonds is 5. The van der Waals surface area contributed by atoms with E-state index in [4.69, 9.17) is 9.47 Å². The molecule has 2 fully saturated rings. The zero-order chi connectivity index (χ0) is 21.1. The smallest absolute Gasteiger partial charge is 0.328 e. The van der Waals surface area contributed by atoms with E-state index in [0.29, 0.717) is 24.2 Å². The molecular formula is C23H26N2O5. The van der Waals surface area contributed by atoms with Gasteiger partial charge in [0.1, 0.15) is 11.5 Å². The average Bonchev–Trinajstić information content (AvgIpc) is 3.15. The summed E-state index contributed by atoms with van der Waals surface area (Å²) in [4.78, 5) is 29.0. The largest absolute Gasteiger partial charge is 0.497 e. The molecule has 7 nitrogen and oxygen atoms in total. The first kappa shape index (κ1) is 20.4. The fourth-order valence-electron chi connectivity index (χ4n) is 4.33. The Kier molecular flexibility index (Phi) is 5.74. The van der Waals surface area contributed by atoms with E-state index in [1.165, 1.54) is 10.5 Å². The summed E-state index contributed by atoms with van der Waals surface area (Å²) >= 11 is 0. The minimum atomic E-state index is -1.04. The Balaban J connectivity index is 1.52. The second-order valence-corrected chi connectivity index (χ2v) is 7.78. The van der Waals surface area contributed by atoms with Gasteiger partial charge in [-0.15, -0.1) is 0 Å². The summed E-state index contributed by atoms with van der Waals surface area (Å²) in [5, 5.41) is 9.72. The van der Waals surface area contributed by atoms with Crippen molar-refractivity contribution in [2.24, 2.45) is 0 Å². The lowest BCUT2D eigenvalue weighted by atomic mass is 9.96. The normalized spacial score (nSPS) is 21.0. The molecule has 1 N–H and O–H groups in total. The first-order chi connectivity index (χ1) is 14.5. The highest BCUT2D eigenvalue weighted by atomic mass is 16.5. The van der Waals surface area contributed by atoms with Crippen molar-refractivity contribution in [1.29, 1.82) is 0 Å². The van der Waals surface area contributed by atoms with Crippen molar-refractivity contribution in [1.82, 2.24) is 9.80 Å². The number of aliphatic carboxylic acids is 1. The molecule has 1 atom stereocenters. The monoisotopic (exact) mass is 410 g/mol. The van der Waals surface area contributed by atoms with Gasteiger partial charge < -0.3 is 14.6 Å². The number of nitrogens with zero attached hydrogens (tertiary/aromatic N) is 2. The van der Waals surface area contributed by atoms with Crippen LogP contribution in [0.25, 0.3) is 0 Å². The van der Waals surface area contributed by atoms with Crippen LogP contribution in [0.5, 0.6) is 5.75 Å². The second-order valence-electron chi connectivity index (χ2n) is 7.78. The minimum Gasteiger partial charge on any atom is -0.497 e. The van der Waals surface area contributed by atoms with E-state index >= 15 is 0 Å². The predicted octanol–water partition coefficient (Wildman–Crippen LogP) is 2.61. The van der Waals surface area contributed by atoms with E-state index in [0.717, 1.165) is 19.6 Å². The lowest BCUT2D eigenvalue weighted by Crippen LogP contribution is -2.58. The van der Waals surface area contributed by atoms with E-state index in [1.807, 2.05) is 18.2 Å². The Morgan fingerprint density at radius 1 is 1.10 bits per heavy atom. The molecule has 7 heteroatoms.